The number of hydrogen-bond acceptors (Lipinski definition) is 9. The Labute approximate surface area is 227 Å². The Bertz CT molecular complexity index is 1430. The topological polar surface area (TPSA) is 107 Å². The van der Waals surface area contributed by atoms with Crippen molar-refractivity contribution in [2.24, 2.45) is 10.8 Å². The molecule has 1 heterocycles. The first-order valence-corrected chi connectivity index (χ1v) is 13.0. The molecule has 9 nitrogen and oxygen atoms in total. The SMILES string of the molecule is COc1cc2c(c(OC)c1OC)-c1ccc(OC)c(=O)cc1C(OC(=O)C13CCC(C)(C(=O)O1)C3(C)C)CC2. The second-order valence-corrected chi connectivity index (χ2v) is 11.1. The number of rotatable bonds is 6. The van der Waals surface area contributed by atoms with Crippen LogP contribution in [0, 0.1) is 10.8 Å². The molecule has 0 spiro atoms. The third-order valence-electron chi connectivity index (χ3n) is 9.33. The summed E-state index contributed by atoms with van der Waals surface area (Å²) in [5.74, 6) is 0.503. The highest BCUT2D eigenvalue weighted by Crippen LogP contribution is 2.66. The van der Waals surface area contributed by atoms with Gasteiger partial charge in [0.1, 0.15) is 6.10 Å². The van der Waals surface area contributed by atoms with E-state index in [0.717, 1.165) is 5.56 Å². The summed E-state index contributed by atoms with van der Waals surface area (Å²) < 4.78 is 34.3. The second kappa shape index (κ2) is 9.17. The van der Waals surface area contributed by atoms with E-state index in [1.807, 2.05) is 26.8 Å². The summed E-state index contributed by atoms with van der Waals surface area (Å²) in [4.78, 5) is 39.9. The van der Waals surface area contributed by atoms with Crippen LogP contribution in [0.25, 0.3) is 11.1 Å². The molecule has 3 unspecified atom stereocenters. The fourth-order valence-electron chi connectivity index (χ4n) is 6.48. The molecule has 1 aliphatic heterocycles. The van der Waals surface area contributed by atoms with Gasteiger partial charge in [-0.05, 0) is 68.0 Å². The lowest BCUT2D eigenvalue weighted by atomic mass is 9.66. The van der Waals surface area contributed by atoms with Crippen molar-refractivity contribution in [2.75, 3.05) is 28.4 Å². The molecule has 5 rings (SSSR count). The number of benzene rings is 1. The highest BCUT2D eigenvalue weighted by molar-refractivity contribution is 5.94. The van der Waals surface area contributed by atoms with E-state index < -0.39 is 28.5 Å². The Morgan fingerprint density at radius 3 is 2.15 bits per heavy atom. The zero-order valence-electron chi connectivity index (χ0n) is 23.4. The minimum Gasteiger partial charge on any atom is -0.493 e. The second-order valence-electron chi connectivity index (χ2n) is 11.1. The molecule has 0 radical (unpaired) electrons. The third-order valence-corrected chi connectivity index (χ3v) is 9.33. The maximum Gasteiger partial charge on any atom is 0.351 e. The van der Waals surface area contributed by atoms with Crippen LogP contribution < -0.4 is 24.4 Å². The van der Waals surface area contributed by atoms with Crippen molar-refractivity contribution >= 4 is 11.9 Å². The van der Waals surface area contributed by atoms with Crippen LogP contribution in [0.1, 0.15) is 57.3 Å². The molecule has 3 atom stereocenters. The van der Waals surface area contributed by atoms with Crippen molar-refractivity contribution in [1.82, 2.24) is 0 Å². The smallest absolute Gasteiger partial charge is 0.351 e. The molecule has 2 aromatic rings. The monoisotopic (exact) mass is 538 g/mol. The maximum absolute atomic E-state index is 13.9. The number of methoxy groups -OCH3 is 4. The molecule has 208 valence electrons. The van der Waals surface area contributed by atoms with Crippen LogP contribution in [-0.4, -0.2) is 46.0 Å². The molecule has 1 saturated carbocycles. The molecule has 2 aromatic carbocycles. The van der Waals surface area contributed by atoms with E-state index in [0.29, 0.717) is 59.6 Å². The predicted molar refractivity (Wildman–Crippen MR) is 141 cm³/mol. The Kier molecular flexibility index (Phi) is 6.31. The van der Waals surface area contributed by atoms with Gasteiger partial charge in [0.05, 0.1) is 33.9 Å². The van der Waals surface area contributed by atoms with Gasteiger partial charge in [0.2, 0.25) is 16.8 Å². The van der Waals surface area contributed by atoms with Gasteiger partial charge >= 0.3 is 11.9 Å². The van der Waals surface area contributed by atoms with Crippen molar-refractivity contribution in [3.63, 3.8) is 0 Å². The molecule has 0 aromatic heterocycles. The molecular weight excluding hydrogens is 504 g/mol. The first-order valence-electron chi connectivity index (χ1n) is 13.0. The average Bonchev–Trinajstić information content (AvgIpc) is 3.07. The van der Waals surface area contributed by atoms with Crippen LogP contribution in [0.2, 0.25) is 0 Å². The van der Waals surface area contributed by atoms with Crippen LogP contribution in [0.15, 0.2) is 29.1 Å². The molecule has 0 N–H and O–H groups in total. The van der Waals surface area contributed by atoms with Gasteiger partial charge in [-0.15, -0.1) is 0 Å². The zero-order valence-corrected chi connectivity index (χ0v) is 23.4. The summed E-state index contributed by atoms with van der Waals surface area (Å²) in [6.07, 6.45) is 0.975. The number of fused-ring (bicyclic) bond motifs is 5. The Balaban J connectivity index is 1.68. The standard InChI is InChI=1S/C30H34O9/c1-28(2)29(3)12-13-30(28,39-26(29)32)27(33)38-20-10-8-16-14-22(35-5)24(36-6)25(37-7)23(16)17-9-11-21(34-4)19(31)15-18(17)20/h9,11,14-15,20H,8,10,12-13H2,1-7H3. The van der Waals surface area contributed by atoms with Crippen molar-refractivity contribution in [1.29, 1.82) is 0 Å². The molecular formula is C30H34O9. The van der Waals surface area contributed by atoms with Gasteiger partial charge in [-0.3, -0.25) is 9.59 Å². The molecule has 39 heavy (non-hydrogen) atoms. The molecule has 9 heteroatoms. The van der Waals surface area contributed by atoms with Crippen LogP contribution in [0.4, 0.5) is 0 Å². The first kappa shape index (κ1) is 26.8. The highest BCUT2D eigenvalue weighted by Gasteiger charge is 2.76. The normalized spacial score (nSPS) is 26.0. The third kappa shape index (κ3) is 3.54. The molecule has 2 bridgehead atoms. The van der Waals surface area contributed by atoms with Crippen LogP contribution in [0.5, 0.6) is 23.0 Å². The molecule has 1 saturated heterocycles. The molecule has 3 aliphatic rings. The number of ether oxygens (including phenoxy) is 6. The van der Waals surface area contributed by atoms with Gasteiger partial charge in [0.15, 0.2) is 17.2 Å². The number of carbonyl (C=O) groups excluding carboxylic acids is 2. The Morgan fingerprint density at radius 2 is 1.59 bits per heavy atom. The summed E-state index contributed by atoms with van der Waals surface area (Å²) in [5, 5.41) is 0. The van der Waals surface area contributed by atoms with E-state index in [1.165, 1.54) is 27.4 Å². The van der Waals surface area contributed by atoms with E-state index in [4.69, 9.17) is 28.4 Å². The first-order chi connectivity index (χ1) is 18.5. The average molecular weight is 539 g/mol. The van der Waals surface area contributed by atoms with Crippen LogP contribution in [-0.2, 0) is 25.5 Å². The minimum absolute atomic E-state index is 0.144. The Morgan fingerprint density at radius 1 is 0.897 bits per heavy atom. The maximum atomic E-state index is 13.9. The summed E-state index contributed by atoms with van der Waals surface area (Å²) in [6, 6.07) is 6.67. The van der Waals surface area contributed by atoms with Gasteiger partial charge in [-0.1, -0.05) is 13.8 Å². The largest absolute Gasteiger partial charge is 0.493 e. The fraction of sp³-hybridized carbons (Fsp3) is 0.500. The van der Waals surface area contributed by atoms with Gasteiger partial charge in [-0.25, -0.2) is 4.79 Å². The number of esters is 2. The van der Waals surface area contributed by atoms with Gasteiger partial charge in [-0.2, -0.15) is 0 Å². The van der Waals surface area contributed by atoms with E-state index in [1.54, 1.807) is 19.2 Å². The summed E-state index contributed by atoms with van der Waals surface area (Å²) in [7, 11) is 6.04. The van der Waals surface area contributed by atoms with E-state index in [-0.39, 0.29) is 17.1 Å². The highest BCUT2D eigenvalue weighted by atomic mass is 16.6. The summed E-state index contributed by atoms with van der Waals surface area (Å²) in [5.41, 5.74) is -0.564. The van der Waals surface area contributed by atoms with Crippen molar-refractivity contribution in [3.8, 4) is 34.1 Å². The van der Waals surface area contributed by atoms with Gasteiger partial charge < -0.3 is 28.4 Å². The minimum atomic E-state index is -1.39. The van der Waals surface area contributed by atoms with E-state index in [9.17, 15) is 14.4 Å². The summed E-state index contributed by atoms with van der Waals surface area (Å²) >= 11 is 0. The summed E-state index contributed by atoms with van der Waals surface area (Å²) in [6.45, 7) is 5.61. The van der Waals surface area contributed by atoms with Crippen LogP contribution >= 0.6 is 0 Å². The lowest BCUT2D eigenvalue weighted by Crippen LogP contribution is -2.49. The van der Waals surface area contributed by atoms with Crippen molar-refractivity contribution in [3.05, 3.63) is 45.6 Å². The van der Waals surface area contributed by atoms with Crippen LogP contribution in [0.3, 0.4) is 0 Å². The predicted octanol–water partition coefficient (Wildman–Crippen LogP) is 4.40. The number of carbonyl (C=O) groups is 2. The quantitative estimate of drug-likeness (QED) is 0.495. The van der Waals surface area contributed by atoms with E-state index in [2.05, 4.69) is 0 Å². The Hall–Kier alpha value is -3.75. The lowest BCUT2D eigenvalue weighted by Gasteiger charge is -2.35. The molecule has 0 amide bonds. The number of aryl methyl sites for hydroxylation is 1. The lowest BCUT2D eigenvalue weighted by molar-refractivity contribution is -0.187. The molecule has 2 fully saturated rings. The van der Waals surface area contributed by atoms with E-state index >= 15 is 0 Å². The molecule has 2 aliphatic carbocycles. The fourth-order valence-corrected chi connectivity index (χ4v) is 6.48. The van der Waals surface area contributed by atoms with Crippen molar-refractivity contribution in [2.45, 2.75) is 58.2 Å². The zero-order chi connectivity index (χ0) is 28.3. The van der Waals surface area contributed by atoms with Gasteiger partial charge in [0.25, 0.3) is 0 Å². The van der Waals surface area contributed by atoms with Gasteiger partial charge in [0, 0.05) is 16.5 Å². The number of hydrogen-bond donors (Lipinski definition) is 0. The van der Waals surface area contributed by atoms with Crippen molar-refractivity contribution < 1.29 is 38.0 Å².